The number of allylic oxidation sites excluding steroid dienone is 1. The molecule has 2 fully saturated rings. The summed E-state index contributed by atoms with van der Waals surface area (Å²) in [5.41, 5.74) is 3.25. The molecule has 0 aliphatic carbocycles. The van der Waals surface area contributed by atoms with Crippen LogP contribution in [0.15, 0.2) is 30.3 Å². The third kappa shape index (κ3) is 2.24. The van der Waals surface area contributed by atoms with Gasteiger partial charge in [0.2, 0.25) is 0 Å². The number of sulfone groups is 1. The average Bonchev–Trinajstić information content (AvgIpc) is 3.02. The number of fused-ring (bicyclic) bond motifs is 2. The van der Waals surface area contributed by atoms with Crippen LogP contribution in [0.1, 0.15) is 36.7 Å². The van der Waals surface area contributed by atoms with E-state index in [4.69, 9.17) is 9.47 Å². The van der Waals surface area contributed by atoms with Crippen molar-refractivity contribution >= 4 is 15.4 Å². The van der Waals surface area contributed by atoms with E-state index >= 15 is 0 Å². The van der Waals surface area contributed by atoms with Crippen molar-refractivity contribution in [3.63, 3.8) is 0 Å². The lowest BCUT2D eigenvalue weighted by Crippen LogP contribution is -2.26. The molecular formula is C16H18O4S. The van der Waals surface area contributed by atoms with Crippen molar-refractivity contribution < 1.29 is 17.9 Å². The van der Waals surface area contributed by atoms with E-state index in [1.54, 1.807) is 0 Å². The van der Waals surface area contributed by atoms with Crippen molar-refractivity contribution in [1.82, 2.24) is 0 Å². The van der Waals surface area contributed by atoms with E-state index in [2.05, 4.69) is 6.07 Å². The third-order valence-electron chi connectivity index (χ3n) is 4.65. The topological polar surface area (TPSA) is 52.6 Å². The molecule has 0 saturated carbocycles. The van der Waals surface area contributed by atoms with Crippen LogP contribution in [-0.2, 0) is 19.3 Å². The Hall–Kier alpha value is -1.17. The molecule has 2 unspecified atom stereocenters. The van der Waals surface area contributed by atoms with Gasteiger partial charge in [-0.3, -0.25) is 0 Å². The van der Waals surface area contributed by atoms with E-state index in [0.29, 0.717) is 19.6 Å². The van der Waals surface area contributed by atoms with Gasteiger partial charge in [-0.15, -0.1) is 0 Å². The quantitative estimate of drug-likeness (QED) is 0.842. The van der Waals surface area contributed by atoms with Gasteiger partial charge in [-0.1, -0.05) is 24.3 Å². The molecular weight excluding hydrogens is 288 g/mol. The van der Waals surface area contributed by atoms with Gasteiger partial charge in [-0.25, -0.2) is 8.42 Å². The van der Waals surface area contributed by atoms with E-state index in [9.17, 15) is 8.42 Å². The van der Waals surface area contributed by atoms with Crippen LogP contribution in [0.2, 0.25) is 0 Å². The number of ether oxygens (including phenoxy) is 2. The number of rotatable bonds is 2. The number of benzene rings is 1. The van der Waals surface area contributed by atoms with Crippen LogP contribution in [0.5, 0.6) is 0 Å². The summed E-state index contributed by atoms with van der Waals surface area (Å²) in [6.45, 7) is 1.25. The van der Waals surface area contributed by atoms with Gasteiger partial charge in [0.25, 0.3) is 0 Å². The molecule has 2 saturated heterocycles. The Kier molecular flexibility index (Phi) is 3.17. The summed E-state index contributed by atoms with van der Waals surface area (Å²) in [6.07, 6.45) is 3.87. The zero-order chi connectivity index (χ0) is 14.4. The first-order chi connectivity index (χ1) is 10.1. The molecule has 112 valence electrons. The van der Waals surface area contributed by atoms with E-state index in [0.717, 1.165) is 29.5 Å². The standard InChI is InChI=1S/C16H18O4S/c17-21(18)14-4-5-15(21)10-13(9-14)11-2-1-3-12(8-11)16-19-6-7-20-16/h1-3,8-9,14-16H,4-7,10H2. The second-order valence-corrected chi connectivity index (χ2v) is 8.37. The summed E-state index contributed by atoms with van der Waals surface area (Å²) in [4.78, 5) is 0. The van der Waals surface area contributed by atoms with Gasteiger partial charge in [-0.2, -0.15) is 0 Å². The lowest BCUT2D eigenvalue weighted by molar-refractivity contribution is -0.0441. The molecule has 0 amide bonds. The summed E-state index contributed by atoms with van der Waals surface area (Å²) in [6, 6.07) is 8.09. The van der Waals surface area contributed by atoms with Crippen LogP contribution in [-0.4, -0.2) is 32.1 Å². The maximum Gasteiger partial charge on any atom is 0.184 e. The summed E-state index contributed by atoms with van der Waals surface area (Å²) >= 11 is 0. The van der Waals surface area contributed by atoms with Crippen LogP contribution >= 0.6 is 0 Å². The Morgan fingerprint density at radius 2 is 1.90 bits per heavy atom. The Labute approximate surface area is 124 Å². The first kappa shape index (κ1) is 13.5. The van der Waals surface area contributed by atoms with Crippen LogP contribution in [0.3, 0.4) is 0 Å². The third-order valence-corrected chi connectivity index (χ3v) is 7.19. The summed E-state index contributed by atoms with van der Waals surface area (Å²) < 4.78 is 35.3. The Balaban J connectivity index is 1.67. The largest absolute Gasteiger partial charge is 0.346 e. The van der Waals surface area contributed by atoms with Gasteiger partial charge in [0, 0.05) is 5.56 Å². The first-order valence-corrected chi connectivity index (χ1v) is 9.02. The maximum atomic E-state index is 12.1. The highest BCUT2D eigenvalue weighted by Crippen LogP contribution is 2.41. The summed E-state index contributed by atoms with van der Waals surface area (Å²) in [5, 5.41) is -0.473. The fourth-order valence-electron chi connectivity index (χ4n) is 3.51. The van der Waals surface area contributed by atoms with Gasteiger partial charge in [-0.05, 0) is 36.5 Å². The van der Waals surface area contributed by atoms with Crippen LogP contribution < -0.4 is 0 Å². The van der Waals surface area contributed by atoms with E-state index < -0.39 is 9.84 Å². The Morgan fingerprint density at radius 1 is 1.10 bits per heavy atom. The maximum absolute atomic E-state index is 12.1. The minimum Gasteiger partial charge on any atom is -0.346 e. The van der Waals surface area contributed by atoms with Crippen molar-refractivity contribution in [3.05, 3.63) is 41.5 Å². The highest BCUT2D eigenvalue weighted by molar-refractivity contribution is 7.93. The lowest BCUT2D eigenvalue weighted by atomic mass is 9.98. The van der Waals surface area contributed by atoms with Gasteiger partial charge in [0.05, 0.1) is 23.7 Å². The van der Waals surface area contributed by atoms with E-state index in [-0.39, 0.29) is 16.8 Å². The highest BCUT2D eigenvalue weighted by atomic mass is 32.2. The van der Waals surface area contributed by atoms with Gasteiger partial charge < -0.3 is 9.47 Å². The summed E-state index contributed by atoms with van der Waals surface area (Å²) in [5.74, 6) is 0. The molecule has 3 heterocycles. The van der Waals surface area contributed by atoms with Crippen molar-refractivity contribution in [2.45, 2.75) is 36.1 Å². The SMILES string of the molecule is O=S1(=O)C2C=C(c3cccc(C4OCCO4)c3)CC1CC2. The zero-order valence-corrected chi connectivity index (χ0v) is 12.5. The molecule has 3 aliphatic heterocycles. The average molecular weight is 306 g/mol. The van der Waals surface area contributed by atoms with Gasteiger partial charge in [0.1, 0.15) is 0 Å². The lowest BCUT2D eigenvalue weighted by Gasteiger charge is -2.21. The predicted octanol–water partition coefficient (Wildman–Crippen LogP) is 2.46. The first-order valence-electron chi connectivity index (χ1n) is 7.41. The normalized spacial score (nSPS) is 31.3. The molecule has 0 aromatic heterocycles. The zero-order valence-electron chi connectivity index (χ0n) is 11.7. The number of hydrogen-bond acceptors (Lipinski definition) is 4. The molecule has 0 radical (unpaired) electrons. The van der Waals surface area contributed by atoms with Crippen LogP contribution in [0.4, 0.5) is 0 Å². The van der Waals surface area contributed by atoms with Crippen LogP contribution in [0, 0.1) is 0 Å². The number of hydrogen-bond donors (Lipinski definition) is 0. The second kappa shape index (κ2) is 4.93. The molecule has 2 bridgehead atoms. The van der Waals surface area contributed by atoms with E-state index in [1.165, 1.54) is 0 Å². The van der Waals surface area contributed by atoms with Crippen molar-refractivity contribution in [1.29, 1.82) is 0 Å². The van der Waals surface area contributed by atoms with Gasteiger partial charge >= 0.3 is 0 Å². The van der Waals surface area contributed by atoms with Crippen molar-refractivity contribution in [2.75, 3.05) is 13.2 Å². The minimum absolute atomic E-state index is 0.190. The molecule has 0 spiro atoms. The van der Waals surface area contributed by atoms with Crippen LogP contribution in [0.25, 0.3) is 5.57 Å². The molecule has 4 nitrogen and oxygen atoms in total. The molecule has 5 heteroatoms. The molecule has 4 rings (SSSR count). The molecule has 21 heavy (non-hydrogen) atoms. The highest BCUT2D eigenvalue weighted by Gasteiger charge is 2.43. The summed E-state index contributed by atoms with van der Waals surface area (Å²) in [7, 11) is -2.92. The minimum atomic E-state index is -2.92. The predicted molar refractivity (Wildman–Crippen MR) is 79.4 cm³/mol. The van der Waals surface area contributed by atoms with E-state index in [1.807, 2.05) is 24.3 Å². The second-order valence-electron chi connectivity index (χ2n) is 5.92. The molecule has 1 aromatic rings. The van der Waals surface area contributed by atoms with Crippen molar-refractivity contribution in [2.24, 2.45) is 0 Å². The van der Waals surface area contributed by atoms with Gasteiger partial charge in [0.15, 0.2) is 16.1 Å². The Bertz CT molecular complexity index is 686. The smallest absolute Gasteiger partial charge is 0.184 e. The van der Waals surface area contributed by atoms with Crippen molar-refractivity contribution in [3.8, 4) is 0 Å². The molecule has 2 atom stereocenters. The molecule has 1 aromatic carbocycles. The molecule has 0 N–H and O–H groups in total. The fraction of sp³-hybridized carbons (Fsp3) is 0.500. The Morgan fingerprint density at radius 3 is 2.67 bits per heavy atom. The monoisotopic (exact) mass is 306 g/mol. The molecule has 3 aliphatic rings. The fourth-order valence-corrected chi connectivity index (χ4v) is 5.70.